The van der Waals surface area contributed by atoms with Crippen molar-refractivity contribution >= 4 is 39.1 Å². The highest BCUT2D eigenvalue weighted by Crippen LogP contribution is 2.33. The number of amides is 2. The Morgan fingerprint density at radius 1 is 1.12 bits per heavy atom. The number of aromatic nitrogens is 2. The smallest absolute Gasteiger partial charge is 0.314 e. The second-order valence-electron chi connectivity index (χ2n) is 7.51. The SMILES string of the molecule is COc1cccc(CCNC(=O)C(=O)Nc2c3c(nn2-c2ccc(Cl)cc2)CS(=O)(=O)C3)c1. The van der Waals surface area contributed by atoms with Crippen LogP contribution in [0.1, 0.15) is 16.8 Å². The summed E-state index contributed by atoms with van der Waals surface area (Å²) in [7, 11) is -1.78. The van der Waals surface area contributed by atoms with Gasteiger partial charge in [-0.3, -0.25) is 9.59 Å². The maximum absolute atomic E-state index is 12.6. The molecule has 2 heterocycles. The molecule has 0 bridgehead atoms. The van der Waals surface area contributed by atoms with Crippen molar-refractivity contribution in [3.63, 3.8) is 0 Å². The van der Waals surface area contributed by atoms with Crippen LogP contribution in [0, 0.1) is 0 Å². The zero-order valence-electron chi connectivity index (χ0n) is 17.7. The zero-order chi connectivity index (χ0) is 23.6. The topological polar surface area (TPSA) is 119 Å². The van der Waals surface area contributed by atoms with E-state index in [-0.39, 0.29) is 23.9 Å². The fourth-order valence-corrected chi connectivity index (χ4v) is 5.15. The number of rotatable bonds is 6. The summed E-state index contributed by atoms with van der Waals surface area (Å²) >= 11 is 5.95. The molecule has 1 aliphatic rings. The van der Waals surface area contributed by atoms with E-state index in [1.807, 2.05) is 24.3 Å². The van der Waals surface area contributed by atoms with Gasteiger partial charge in [0.2, 0.25) is 0 Å². The summed E-state index contributed by atoms with van der Waals surface area (Å²) in [5.74, 6) is -1.38. The number of anilines is 1. The molecule has 11 heteroatoms. The second kappa shape index (κ2) is 9.24. The van der Waals surface area contributed by atoms with Gasteiger partial charge in [0.1, 0.15) is 11.6 Å². The second-order valence-corrected chi connectivity index (χ2v) is 10.0. The predicted molar refractivity (Wildman–Crippen MR) is 123 cm³/mol. The number of halogens is 1. The summed E-state index contributed by atoms with van der Waals surface area (Å²) in [6.07, 6.45) is 0.507. The van der Waals surface area contributed by atoms with E-state index in [9.17, 15) is 18.0 Å². The molecule has 2 amide bonds. The fourth-order valence-electron chi connectivity index (χ4n) is 3.53. The van der Waals surface area contributed by atoms with E-state index >= 15 is 0 Å². The molecule has 0 saturated carbocycles. The van der Waals surface area contributed by atoms with Crippen molar-refractivity contribution in [1.82, 2.24) is 15.1 Å². The van der Waals surface area contributed by atoms with E-state index in [1.165, 1.54) is 4.68 Å². The molecule has 172 valence electrons. The monoisotopic (exact) mass is 488 g/mol. The fraction of sp³-hybridized carbons (Fsp3) is 0.227. The number of nitrogens with one attached hydrogen (secondary N) is 2. The highest BCUT2D eigenvalue weighted by Gasteiger charge is 2.33. The first-order valence-electron chi connectivity index (χ1n) is 10.0. The Morgan fingerprint density at radius 3 is 2.61 bits per heavy atom. The van der Waals surface area contributed by atoms with E-state index in [2.05, 4.69) is 15.7 Å². The number of benzene rings is 2. The average Bonchev–Trinajstić information content (AvgIpc) is 3.26. The summed E-state index contributed by atoms with van der Waals surface area (Å²) in [5.41, 5.74) is 2.24. The number of methoxy groups -OCH3 is 1. The average molecular weight is 489 g/mol. The Labute approximate surface area is 195 Å². The largest absolute Gasteiger partial charge is 0.497 e. The van der Waals surface area contributed by atoms with Gasteiger partial charge in [-0.05, 0) is 48.4 Å². The predicted octanol–water partition coefficient (Wildman–Crippen LogP) is 2.26. The van der Waals surface area contributed by atoms with Gasteiger partial charge in [0.05, 0.1) is 30.0 Å². The number of carbonyl (C=O) groups excluding carboxylic acids is 2. The molecule has 33 heavy (non-hydrogen) atoms. The number of carbonyl (C=O) groups is 2. The van der Waals surface area contributed by atoms with Crippen LogP contribution in [0.25, 0.3) is 5.69 Å². The first-order valence-corrected chi connectivity index (χ1v) is 12.2. The van der Waals surface area contributed by atoms with Crippen molar-refractivity contribution in [2.45, 2.75) is 17.9 Å². The van der Waals surface area contributed by atoms with Gasteiger partial charge in [-0.2, -0.15) is 5.10 Å². The van der Waals surface area contributed by atoms with Gasteiger partial charge in [-0.1, -0.05) is 23.7 Å². The molecule has 0 radical (unpaired) electrons. The normalized spacial score (nSPS) is 13.9. The van der Waals surface area contributed by atoms with Crippen LogP contribution in [0.5, 0.6) is 5.75 Å². The number of fused-ring (bicyclic) bond motifs is 1. The first kappa shape index (κ1) is 22.8. The van der Waals surface area contributed by atoms with Crippen LogP contribution >= 0.6 is 11.6 Å². The zero-order valence-corrected chi connectivity index (χ0v) is 19.2. The minimum Gasteiger partial charge on any atom is -0.497 e. The van der Waals surface area contributed by atoms with Gasteiger partial charge in [0.15, 0.2) is 9.84 Å². The number of nitrogens with zero attached hydrogens (tertiary/aromatic N) is 2. The Hall–Kier alpha value is -3.37. The lowest BCUT2D eigenvalue weighted by Crippen LogP contribution is -2.37. The van der Waals surface area contributed by atoms with Gasteiger partial charge in [0, 0.05) is 17.1 Å². The Balaban J connectivity index is 1.48. The molecule has 0 atom stereocenters. The number of ether oxygens (including phenoxy) is 1. The van der Waals surface area contributed by atoms with Gasteiger partial charge >= 0.3 is 11.8 Å². The summed E-state index contributed by atoms with van der Waals surface area (Å²) < 4.78 is 30.7. The maximum Gasteiger partial charge on any atom is 0.314 e. The molecule has 1 aromatic heterocycles. The molecule has 1 aliphatic heterocycles. The molecular formula is C22H21ClN4O5S. The van der Waals surface area contributed by atoms with Crippen LogP contribution in [0.2, 0.25) is 5.02 Å². The van der Waals surface area contributed by atoms with Crippen LogP contribution in [-0.2, 0) is 37.4 Å². The third-order valence-corrected chi connectivity index (χ3v) is 6.82. The summed E-state index contributed by atoms with van der Waals surface area (Å²) in [6, 6.07) is 14.1. The van der Waals surface area contributed by atoms with Gasteiger partial charge in [-0.15, -0.1) is 0 Å². The van der Waals surface area contributed by atoms with Crippen LogP contribution in [0.15, 0.2) is 48.5 Å². The summed E-state index contributed by atoms with van der Waals surface area (Å²) in [6.45, 7) is 0.238. The Morgan fingerprint density at radius 2 is 1.88 bits per heavy atom. The minimum absolute atomic E-state index is 0.154. The molecule has 2 aromatic carbocycles. The van der Waals surface area contributed by atoms with Crippen molar-refractivity contribution in [2.24, 2.45) is 0 Å². The van der Waals surface area contributed by atoms with Crippen molar-refractivity contribution in [3.05, 3.63) is 70.4 Å². The van der Waals surface area contributed by atoms with Crippen LogP contribution in [-0.4, -0.2) is 43.7 Å². The molecule has 3 aromatic rings. The third-order valence-electron chi connectivity index (χ3n) is 5.13. The van der Waals surface area contributed by atoms with Gasteiger partial charge in [-0.25, -0.2) is 13.1 Å². The molecule has 0 spiro atoms. The molecule has 0 saturated heterocycles. The van der Waals surface area contributed by atoms with Gasteiger partial charge < -0.3 is 15.4 Å². The Bertz CT molecular complexity index is 1320. The molecule has 0 unspecified atom stereocenters. The minimum atomic E-state index is -3.36. The summed E-state index contributed by atoms with van der Waals surface area (Å²) in [4.78, 5) is 25.0. The van der Waals surface area contributed by atoms with Crippen molar-refractivity contribution in [3.8, 4) is 11.4 Å². The van der Waals surface area contributed by atoms with E-state index in [4.69, 9.17) is 16.3 Å². The van der Waals surface area contributed by atoms with E-state index in [0.29, 0.717) is 34.1 Å². The quantitative estimate of drug-likeness (QED) is 0.514. The van der Waals surface area contributed by atoms with Crippen LogP contribution < -0.4 is 15.4 Å². The first-order chi connectivity index (χ1) is 15.8. The van der Waals surface area contributed by atoms with E-state index in [0.717, 1.165) is 5.56 Å². The molecule has 0 aliphatic carbocycles. The molecule has 4 rings (SSSR count). The highest BCUT2D eigenvalue weighted by atomic mass is 35.5. The van der Waals surface area contributed by atoms with Crippen molar-refractivity contribution in [2.75, 3.05) is 19.0 Å². The van der Waals surface area contributed by atoms with E-state index < -0.39 is 21.7 Å². The number of sulfone groups is 1. The van der Waals surface area contributed by atoms with Crippen molar-refractivity contribution < 1.29 is 22.7 Å². The van der Waals surface area contributed by atoms with E-state index in [1.54, 1.807) is 31.4 Å². The lowest BCUT2D eigenvalue weighted by Gasteiger charge is -2.11. The number of hydrogen-bond acceptors (Lipinski definition) is 6. The van der Waals surface area contributed by atoms with Crippen molar-refractivity contribution in [1.29, 1.82) is 0 Å². The summed E-state index contributed by atoms with van der Waals surface area (Å²) in [5, 5.41) is 9.98. The highest BCUT2D eigenvalue weighted by molar-refractivity contribution is 7.90. The lowest BCUT2D eigenvalue weighted by atomic mass is 10.1. The molecular weight excluding hydrogens is 468 g/mol. The molecule has 9 nitrogen and oxygen atoms in total. The van der Waals surface area contributed by atoms with Crippen LogP contribution in [0.3, 0.4) is 0 Å². The third kappa shape index (κ3) is 5.18. The Kier molecular flexibility index (Phi) is 6.39. The molecule has 2 N–H and O–H groups in total. The van der Waals surface area contributed by atoms with Crippen LogP contribution in [0.4, 0.5) is 5.82 Å². The maximum atomic E-state index is 12.6. The number of hydrogen-bond donors (Lipinski definition) is 2. The standard InChI is InChI=1S/C22H21ClN4O5S/c1-32-17-4-2-3-14(11-17)9-10-24-21(28)22(29)25-20-18-12-33(30,31)13-19(18)26-27(20)16-7-5-15(23)6-8-16/h2-8,11H,9-10,12-13H2,1H3,(H,24,28)(H,25,29). The lowest BCUT2D eigenvalue weighted by molar-refractivity contribution is -0.136. The molecule has 0 fully saturated rings. The van der Waals surface area contributed by atoms with Gasteiger partial charge in [0.25, 0.3) is 0 Å².